The van der Waals surface area contributed by atoms with Gasteiger partial charge in [0.25, 0.3) is 0 Å². The first-order chi connectivity index (χ1) is 16.7. The summed E-state index contributed by atoms with van der Waals surface area (Å²) < 4.78 is 5.64. The SMILES string of the molecule is C[C@H]1COCCN1c1nc(-c2cnc(N)nc2)c2c(n1)N([C@H]1CCN(C(=O)NC(C)(C)C)C1)CC2. The van der Waals surface area contributed by atoms with Crippen LogP contribution in [0.3, 0.4) is 0 Å². The van der Waals surface area contributed by atoms with Gasteiger partial charge in [-0.2, -0.15) is 4.98 Å². The van der Waals surface area contributed by atoms with E-state index in [-0.39, 0.29) is 29.6 Å². The topological polar surface area (TPSA) is 126 Å². The number of likely N-dealkylation sites (tertiary alicyclic amines) is 1. The lowest BCUT2D eigenvalue weighted by Crippen LogP contribution is -2.48. The Balaban J connectivity index is 1.47. The smallest absolute Gasteiger partial charge is 0.317 e. The van der Waals surface area contributed by atoms with Crippen LogP contribution in [0.15, 0.2) is 12.4 Å². The fourth-order valence-electron chi connectivity index (χ4n) is 5.05. The van der Waals surface area contributed by atoms with E-state index in [1.54, 1.807) is 12.4 Å². The summed E-state index contributed by atoms with van der Waals surface area (Å²) in [7, 11) is 0. The van der Waals surface area contributed by atoms with Crippen molar-refractivity contribution in [1.29, 1.82) is 0 Å². The summed E-state index contributed by atoms with van der Waals surface area (Å²) >= 11 is 0. The average molecular weight is 482 g/mol. The van der Waals surface area contributed by atoms with Crippen LogP contribution in [0.1, 0.15) is 39.7 Å². The second kappa shape index (κ2) is 9.10. The number of ether oxygens (including phenoxy) is 1. The van der Waals surface area contributed by atoms with Crippen molar-refractivity contribution >= 4 is 23.7 Å². The molecule has 188 valence electrons. The number of hydrogen-bond donors (Lipinski definition) is 2. The number of aromatic nitrogens is 4. The van der Waals surface area contributed by atoms with Crippen LogP contribution in [0.4, 0.5) is 22.5 Å². The van der Waals surface area contributed by atoms with Crippen LogP contribution in [-0.2, 0) is 11.2 Å². The van der Waals surface area contributed by atoms with Crippen molar-refractivity contribution in [3.05, 3.63) is 18.0 Å². The maximum absolute atomic E-state index is 12.8. The van der Waals surface area contributed by atoms with Crippen LogP contribution in [0.2, 0.25) is 0 Å². The van der Waals surface area contributed by atoms with E-state index < -0.39 is 0 Å². The summed E-state index contributed by atoms with van der Waals surface area (Å²) in [5.74, 6) is 1.88. The quantitative estimate of drug-likeness (QED) is 0.673. The zero-order valence-electron chi connectivity index (χ0n) is 21.0. The van der Waals surface area contributed by atoms with Gasteiger partial charge in [0.05, 0.1) is 24.9 Å². The number of nitrogens with one attached hydrogen (secondary N) is 1. The van der Waals surface area contributed by atoms with E-state index in [9.17, 15) is 4.79 Å². The van der Waals surface area contributed by atoms with Gasteiger partial charge in [-0.25, -0.2) is 19.7 Å². The molecule has 0 unspecified atom stereocenters. The molecule has 2 fully saturated rings. The van der Waals surface area contributed by atoms with E-state index in [1.807, 2.05) is 25.7 Å². The van der Waals surface area contributed by atoms with Crippen LogP contribution in [-0.4, -0.2) is 87.9 Å². The zero-order valence-corrected chi connectivity index (χ0v) is 21.0. The van der Waals surface area contributed by atoms with Gasteiger partial charge < -0.3 is 30.5 Å². The Kier molecular flexibility index (Phi) is 6.12. The molecule has 0 spiro atoms. The van der Waals surface area contributed by atoms with E-state index in [0.29, 0.717) is 25.7 Å². The molecule has 3 aliphatic heterocycles. The first-order valence-corrected chi connectivity index (χ1v) is 12.4. The molecule has 35 heavy (non-hydrogen) atoms. The maximum atomic E-state index is 12.8. The number of carbonyl (C=O) groups excluding carboxylic acids is 1. The number of nitrogens with two attached hydrogens (primary N) is 1. The van der Waals surface area contributed by atoms with Gasteiger partial charge in [0.1, 0.15) is 5.82 Å². The van der Waals surface area contributed by atoms with Crippen molar-refractivity contribution in [3.8, 4) is 11.3 Å². The van der Waals surface area contributed by atoms with Crippen LogP contribution >= 0.6 is 0 Å². The molecule has 5 rings (SSSR count). The van der Waals surface area contributed by atoms with Gasteiger partial charge in [0.2, 0.25) is 11.9 Å². The first kappa shape index (κ1) is 23.5. The van der Waals surface area contributed by atoms with Crippen LogP contribution < -0.4 is 20.9 Å². The molecule has 0 aromatic carbocycles. The predicted molar refractivity (Wildman–Crippen MR) is 134 cm³/mol. The number of anilines is 3. The number of hydrogen-bond acceptors (Lipinski definition) is 9. The summed E-state index contributed by atoms with van der Waals surface area (Å²) in [5, 5.41) is 3.08. The molecule has 0 radical (unpaired) electrons. The fraction of sp³-hybridized carbons (Fsp3) is 0.625. The lowest BCUT2D eigenvalue weighted by Gasteiger charge is -2.34. The number of urea groups is 1. The Bertz CT molecular complexity index is 1090. The molecule has 11 nitrogen and oxygen atoms in total. The minimum Gasteiger partial charge on any atom is -0.377 e. The van der Waals surface area contributed by atoms with Crippen molar-refractivity contribution in [2.75, 3.05) is 54.9 Å². The van der Waals surface area contributed by atoms with Gasteiger partial charge in [0, 0.05) is 61.3 Å². The number of rotatable bonds is 3. The maximum Gasteiger partial charge on any atom is 0.317 e. The number of fused-ring (bicyclic) bond motifs is 1. The van der Waals surface area contributed by atoms with Gasteiger partial charge >= 0.3 is 6.03 Å². The van der Waals surface area contributed by atoms with E-state index in [4.69, 9.17) is 20.4 Å². The highest BCUT2D eigenvalue weighted by molar-refractivity contribution is 5.76. The monoisotopic (exact) mass is 481 g/mol. The summed E-state index contributed by atoms with van der Waals surface area (Å²) in [5.41, 5.74) is 8.26. The van der Waals surface area contributed by atoms with Gasteiger partial charge in [-0.1, -0.05) is 0 Å². The Morgan fingerprint density at radius 2 is 1.91 bits per heavy atom. The molecule has 3 aliphatic rings. The molecule has 2 saturated heterocycles. The Morgan fingerprint density at radius 3 is 2.63 bits per heavy atom. The number of morpholine rings is 1. The van der Waals surface area contributed by atoms with Crippen molar-refractivity contribution in [2.45, 2.75) is 58.2 Å². The zero-order chi connectivity index (χ0) is 24.7. The molecule has 5 heterocycles. The van der Waals surface area contributed by atoms with Crippen LogP contribution in [0, 0.1) is 0 Å². The largest absolute Gasteiger partial charge is 0.377 e. The lowest BCUT2D eigenvalue weighted by atomic mass is 10.1. The molecule has 2 atom stereocenters. The minimum absolute atomic E-state index is 0.00958. The van der Waals surface area contributed by atoms with Gasteiger partial charge in [-0.3, -0.25) is 0 Å². The second-order valence-corrected chi connectivity index (χ2v) is 10.6. The number of amides is 2. The van der Waals surface area contributed by atoms with Crippen LogP contribution in [0.5, 0.6) is 0 Å². The third-order valence-electron chi connectivity index (χ3n) is 6.79. The standard InChI is InChI=1S/C24H35N9O2/c1-15-14-35-10-9-32(15)22-28-19(16-11-26-21(25)27-12-16)18-6-8-33(20(18)29-22)17-5-7-31(13-17)23(34)30-24(2,3)4/h11-12,15,17H,5-10,13-14H2,1-4H3,(H,30,34)(H2,25,26,27)/t15-,17-/m0/s1. The lowest BCUT2D eigenvalue weighted by molar-refractivity contribution is 0.0981. The van der Waals surface area contributed by atoms with E-state index in [2.05, 4.69) is 32.0 Å². The number of carbonyl (C=O) groups is 1. The molecule has 0 bridgehead atoms. The van der Waals surface area contributed by atoms with Crippen molar-refractivity contribution in [3.63, 3.8) is 0 Å². The second-order valence-electron chi connectivity index (χ2n) is 10.6. The average Bonchev–Trinajstić information content (AvgIpc) is 3.45. The Hall–Kier alpha value is -3.21. The van der Waals surface area contributed by atoms with Crippen molar-refractivity contribution in [1.82, 2.24) is 30.2 Å². The van der Waals surface area contributed by atoms with Gasteiger partial charge in [-0.15, -0.1) is 0 Å². The van der Waals surface area contributed by atoms with Gasteiger partial charge in [-0.05, 0) is 40.5 Å². The molecule has 3 N–H and O–H groups in total. The molecule has 2 amide bonds. The molecule has 11 heteroatoms. The van der Waals surface area contributed by atoms with E-state index in [1.165, 1.54) is 0 Å². The normalized spacial score (nSPS) is 22.5. The van der Waals surface area contributed by atoms with Crippen molar-refractivity contribution in [2.24, 2.45) is 0 Å². The van der Waals surface area contributed by atoms with Gasteiger partial charge in [0.15, 0.2) is 0 Å². The molecule has 2 aromatic rings. The van der Waals surface area contributed by atoms with E-state index in [0.717, 1.165) is 55.1 Å². The van der Waals surface area contributed by atoms with E-state index >= 15 is 0 Å². The fourth-order valence-corrected chi connectivity index (χ4v) is 5.05. The molecule has 0 saturated carbocycles. The Morgan fingerprint density at radius 1 is 1.14 bits per heavy atom. The molecular formula is C24H35N9O2. The summed E-state index contributed by atoms with van der Waals surface area (Å²) in [6.45, 7) is 12.4. The Labute approximate surface area is 206 Å². The molecule has 2 aromatic heterocycles. The highest BCUT2D eigenvalue weighted by atomic mass is 16.5. The third kappa shape index (κ3) is 4.82. The first-order valence-electron chi connectivity index (χ1n) is 12.4. The van der Waals surface area contributed by atoms with Crippen molar-refractivity contribution < 1.29 is 9.53 Å². The summed E-state index contributed by atoms with van der Waals surface area (Å²) in [6, 6.07) is 0.377. The number of nitrogens with zero attached hydrogens (tertiary/aromatic N) is 7. The summed E-state index contributed by atoms with van der Waals surface area (Å²) in [4.78, 5) is 37.7. The number of nitrogen functional groups attached to an aromatic ring is 1. The minimum atomic E-state index is -0.261. The third-order valence-corrected chi connectivity index (χ3v) is 6.79. The highest BCUT2D eigenvalue weighted by Crippen LogP contribution is 2.38. The predicted octanol–water partition coefficient (Wildman–Crippen LogP) is 1.69. The molecular weight excluding hydrogens is 446 g/mol. The van der Waals surface area contributed by atoms with Crippen LogP contribution in [0.25, 0.3) is 11.3 Å². The highest BCUT2D eigenvalue weighted by Gasteiger charge is 2.37. The summed E-state index contributed by atoms with van der Waals surface area (Å²) in [6.07, 6.45) is 5.20. The molecule has 0 aliphatic carbocycles.